The smallest absolute Gasteiger partial charge is 0.433 e. The van der Waals surface area contributed by atoms with E-state index in [0.29, 0.717) is 68.8 Å². The first-order valence-corrected chi connectivity index (χ1v) is 13.3. The van der Waals surface area contributed by atoms with Crippen molar-refractivity contribution in [3.8, 4) is 23.0 Å². The monoisotopic (exact) mass is 538 g/mol. The summed E-state index contributed by atoms with van der Waals surface area (Å²) in [6.07, 6.45) is 1.05. The third-order valence-corrected chi connectivity index (χ3v) is 6.44. The molecular weight excluding hydrogens is 504 g/mol. The number of carbonyl (C=O) groups is 1. The van der Waals surface area contributed by atoms with Gasteiger partial charge in [0.1, 0.15) is 4.92 Å². The fourth-order valence-electron chi connectivity index (χ4n) is 4.84. The van der Waals surface area contributed by atoms with Crippen molar-refractivity contribution in [1.29, 1.82) is 0 Å². The summed E-state index contributed by atoms with van der Waals surface area (Å²) >= 11 is 0. The van der Waals surface area contributed by atoms with E-state index < -0.39 is 22.8 Å². The summed E-state index contributed by atoms with van der Waals surface area (Å²) in [5.74, 6) is 1.59. The number of hydrogen-bond donors (Lipinski definition) is 0. The van der Waals surface area contributed by atoms with Gasteiger partial charge in [0.15, 0.2) is 28.8 Å². The van der Waals surface area contributed by atoms with Gasteiger partial charge < -0.3 is 28.3 Å². The predicted octanol–water partition coefficient (Wildman–Crippen LogP) is 5.76. The van der Waals surface area contributed by atoms with E-state index in [1.165, 1.54) is 12.1 Å². The van der Waals surface area contributed by atoms with Gasteiger partial charge >= 0.3 is 5.88 Å². The Balaban J connectivity index is 1.77. The van der Waals surface area contributed by atoms with Gasteiger partial charge in [-0.25, -0.2) is 0 Å². The van der Waals surface area contributed by atoms with Crippen molar-refractivity contribution < 1.29 is 33.1 Å². The Morgan fingerprint density at radius 3 is 2.13 bits per heavy atom. The van der Waals surface area contributed by atoms with Gasteiger partial charge in [-0.2, -0.15) is 0 Å². The maximum Gasteiger partial charge on any atom is 0.433 e. The van der Waals surface area contributed by atoms with Crippen molar-refractivity contribution in [2.75, 3.05) is 33.0 Å². The van der Waals surface area contributed by atoms with E-state index in [2.05, 4.69) is 0 Å². The van der Waals surface area contributed by atoms with Crippen LogP contribution >= 0.6 is 0 Å². The van der Waals surface area contributed by atoms with Gasteiger partial charge in [0.25, 0.3) is 5.91 Å². The number of benzene rings is 2. The minimum absolute atomic E-state index is 0.0761. The molecule has 0 spiro atoms. The number of rotatable bonds is 12. The van der Waals surface area contributed by atoms with Gasteiger partial charge in [0.05, 0.1) is 38.5 Å². The van der Waals surface area contributed by atoms with E-state index in [0.717, 1.165) is 16.7 Å². The average Bonchev–Trinajstić information content (AvgIpc) is 3.42. The van der Waals surface area contributed by atoms with Gasteiger partial charge in [-0.05, 0) is 87.6 Å². The highest BCUT2D eigenvalue weighted by atomic mass is 16.6. The summed E-state index contributed by atoms with van der Waals surface area (Å²) in [6.45, 7) is 10.00. The molecule has 1 unspecified atom stereocenters. The lowest BCUT2D eigenvalue weighted by atomic mass is 9.87. The quantitative estimate of drug-likeness (QED) is 0.211. The van der Waals surface area contributed by atoms with E-state index in [1.807, 2.05) is 58.0 Å². The first kappa shape index (κ1) is 27.8. The molecule has 1 aliphatic rings. The molecule has 1 aliphatic heterocycles. The highest BCUT2D eigenvalue weighted by molar-refractivity contribution is 5.92. The van der Waals surface area contributed by atoms with E-state index in [-0.39, 0.29) is 5.76 Å². The van der Waals surface area contributed by atoms with Crippen LogP contribution < -0.4 is 18.9 Å². The molecule has 0 bridgehead atoms. The van der Waals surface area contributed by atoms with Crippen LogP contribution in [0.2, 0.25) is 0 Å². The number of furan rings is 1. The van der Waals surface area contributed by atoms with Crippen LogP contribution in [0, 0.1) is 10.1 Å². The Bertz CT molecular complexity index is 1320. The second-order valence-corrected chi connectivity index (χ2v) is 8.87. The van der Waals surface area contributed by atoms with E-state index in [4.69, 9.17) is 23.4 Å². The van der Waals surface area contributed by atoms with Crippen LogP contribution in [-0.4, -0.2) is 48.7 Å². The SMILES string of the molecule is CCOc1ccc(CC2c3cc(OCC)c(OCC)cc3CCN2C(=O)c2ccc([N+](=O)[O-])o2)cc1OCC. The van der Waals surface area contributed by atoms with Crippen LogP contribution in [-0.2, 0) is 12.8 Å². The molecule has 3 aromatic rings. The number of ether oxygens (including phenoxy) is 4. The zero-order valence-electron chi connectivity index (χ0n) is 22.7. The van der Waals surface area contributed by atoms with Crippen molar-refractivity contribution in [3.05, 3.63) is 75.0 Å². The molecule has 1 aromatic heterocycles. The molecule has 0 N–H and O–H groups in total. The van der Waals surface area contributed by atoms with Crippen LogP contribution in [0.4, 0.5) is 5.88 Å². The summed E-state index contributed by atoms with van der Waals surface area (Å²) in [5.41, 5.74) is 2.92. The fourth-order valence-corrected chi connectivity index (χ4v) is 4.84. The normalized spacial score (nSPS) is 14.5. The van der Waals surface area contributed by atoms with Gasteiger partial charge in [0, 0.05) is 6.54 Å². The summed E-state index contributed by atoms with van der Waals surface area (Å²) < 4.78 is 28.6. The van der Waals surface area contributed by atoms with Crippen LogP contribution in [0.1, 0.15) is 61.0 Å². The average molecular weight is 539 g/mol. The Hall–Kier alpha value is -4.21. The van der Waals surface area contributed by atoms with Crippen molar-refractivity contribution >= 4 is 11.8 Å². The maximum absolute atomic E-state index is 13.6. The number of carbonyl (C=O) groups excluding carboxylic acids is 1. The number of amides is 1. The van der Waals surface area contributed by atoms with Gasteiger partial charge in [0.2, 0.25) is 0 Å². The lowest BCUT2D eigenvalue weighted by molar-refractivity contribution is -0.402. The van der Waals surface area contributed by atoms with Crippen LogP contribution in [0.3, 0.4) is 0 Å². The molecule has 208 valence electrons. The van der Waals surface area contributed by atoms with E-state index in [9.17, 15) is 14.9 Å². The van der Waals surface area contributed by atoms with Crippen LogP contribution in [0.5, 0.6) is 23.0 Å². The molecule has 10 heteroatoms. The van der Waals surface area contributed by atoms with Crippen molar-refractivity contribution in [2.24, 2.45) is 0 Å². The largest absolute Gasteiger partial charge is 0.490 e. The molecule has 4 rings (SSSR count). The lowest BCUT2D eigenvalue weighted by Gasteiger charge is -2.37. The minimum atomic E-state index is -0.654. The number of hydrogen-bond acceptors (Lipinski definition) is 8. The Kier molecular flexibility index (Phi) is 8.96. The summed E-state index contributed by atoms with van der Waals surface area (Å²) in [6, 6.07) is 11.8. The molecule has 10 nitrogen and oxygen atoms in total. The first-order chi connectivity index (χ1) is 18.9. The summed E-state index contributed by atoms with van der Waals surface area (Å²) in [7, 11) is 0. The molecule has 1 amide bonds. The molecule has 2 aromatic carbocycles. The summed E-state index contributed by atoms with van der Waals surface area (Å²) in [5, 5.41) is 11.2. The molecule has 39 heavy (non-hydrogen) atoms. The second kappa shape index (κ2) is 12.6. The van der Waals surface area contributed by atoms with Crippen molar-refractivity contribution in [1.82, 2.24) is 4.90 Å². The number of nitrogens with zero attached hydrogens (tertiary/aromatic N) is 2. The Morgan fingerprint density at radius 2 is 1.51 bits per heavy atom. The Labute approximate surface area is 227 Å². The molecule has 0 saturated carbocycles. The van der Waals surface area contributed by atoms with Crippen LogP contribution in [0.25, 0.3) is 0 Å². The van der Waals surface area contributed by atoms with Gasteiger partial charge in [-0.3, -0.25) is 14.9 Å². The molecule has 0 saturated heterocycles. The highest BCUT2D eigenvalue weighted by Crippen LogP contribution is 2.41. The zero-order chi connectivity index (χ0) is 27.9. The first-order valence-electron chi connectivity index (χ1n) is 13.3. The molecule has 2 heterocycles. The second-order valence-electron chi connectivity index (χ2n) is 8.87. The Morgan fingerprint density at radius 1 is 0.897 bits per heavy atom. The maximum atomic E-state index is 13.6. The molecule has 1 atom stereocenters. The van der Waals surface area contributed by atoms with Crippen molar-refractivity contribution in [3.63, 3.8) is 0 Å². The molecule has 0 aliphatic carbocycles. The molecule has 0 radical (unpaired) electrons. The third kappa shape index (κ3) is 6.10. The fraction of sp³-hybridized carbons (Fsp3) is 0.414. The number of nitro groups is 1. The van der Waals surface area contributed by atoms with Gasteiger partial charge in [-0.1, -0.05) is 6.07 Å². The topological polar surface area (TPSA) is 114 Å². The zero-order valence-corrected chi connectivity index (χ0v) is 22.7. The van der Waals surface area contributed by atoms with Crippen LogP contribution in [0.15, 0.2) is 46.9 Å². The van der Waals surface area contributed by atoms with E-state index in [1.54, 1.807) is 4.90 Å². The predicted molar refractivity (Wildman–Crippen MR) is 144 cm³/mol. The molecular formula is C29H34N2O8. The minimum Gasteiger partial charge on any atom is -0.490 e. The standard InChI is InChI=1S/C29H34N2O8/c1-5-35-23-10-9-19(16-25(23)36-6-2)15-22-21-18-27(38-8-4)26(37-7-3)17-20(21)13-14-30(22)29(32)24-11-12-28(39-24)31(33)34/h9-12,16-18,22H,5-8,13-15H2,1-4H3. The lowest BCUT2D eigenvalue weighted by Crippen LogP contribution is -2.41. The molecule has 0 fully saturated rings. The third-order valence-electron chi connectivity index (χ3n) is 6.44. The van der Waals surface area contributed by atoms with Crippen molar-refractivity contribution in [2.45, 2.75) is 46.6 Å². The van der Waals surface area contributed by atoms with E-state index >= 15 is 0 Å². The highest BCUT2D eigenvalue weighted by Gasteiger charge is 2.35. The van der Waals surface area contributed by atoms with Gasteiger partial charge in [-0.15, -0.1) is 0 Å². The summed E-state index contributed by atoms with van der Waals surface area (Å²) in [4.78, 5) is 25.9. The number of fused-ring (bicyclic) bond motifs is 1.